The Bertz CT molecular complexity index is 672. The molecule has 2 aliphatic heterocycles. The van der Waals surface area contributed by atoms with Crippen molar-refractivity contribution in [1.29, 1.82) is 0 Å². The van der Waals surface area contributed by atoms with Crippen LogP contribution in [0.3, 0.4) is 0 Å². The van der Waals surface area contributed by atoms with Crippen LogP contribution in [0, 0.1) is 0 Å². The molecule has 0 aliphatic carbocycles. The summed E-state index contributed by atoms with van der Waals surface area (Å²) >= 11 is 0. The van der Waals surface area contributed by atoms with Gasteiger partial charge in [-0.25, -0.2) is 8.42 Å². The molecule has 1 aromatic carbocycles. The highest BCUT2D eigenvalue weighted by Gasteiger charge is 2.31. The Balaban J connectivity index is 0.00000176. The zero-order valence-corrected chi connectivity index (χ0v) is 14.0. The van der Waals surface area contributed by atoms with Gasteiger partial charge in [-0.05, 0) is 37.1 Å². The van der Waals surface area contributed by atoms with E-state index in [4.69, 9.17) is 0 Å². The highest BCUT2D eigenvalue weighted by molar-refractivity contribution is 7.89. The van der Waals surface area contributed by atoms with Crippen LogP contribution in [0.2, 0.25) is 0 Å². The molecule has 8 heteroatoms. The van der Waals surface area contributed by atoms with E-state index in [-0.39, 0.29) is 29.3 Å². The van der Waals surface area contributed by atoms with Crippen LogP contribution in [0.15, 0.2) is 23.1 Å². The molecule has 2 heterocycles. The lowest BCUT2D eigenvalue weighted by atomic mass is 10.0. The molecule has 6 nitrogen and oxygen atoms in total. The number of amides is 1. The summed E-state index contributed by atoms with van der Waals surface area (Å²) in [6.45, 7) is 2.10. The first-order valence-corrected chi connectivity index (χ1v) is 8.54. The van der Waals surface area contributed by atoms with Gasteiger partial charge < -0.3 is 10.6 Å². The number of benzene rings is 1. The van der Waals surface area contributed by atoms with Crippen molar-refractivity contribution >= 4 is 28.3 Å². The molecule has 2 N–H and O–H groups in total. The number of nitrogens with zero attached hydrogens (tertiary/aromatic N) is 1. The van der Waals surface area contributed by atoms with Crippen molar-refractivity contribution < 1.29 is 13.2 Å². The molecule has 1 unspecified atom stereocenters. The van der Waals surface area contributed by atoms with E-state index in [2.05, 4.69) is 10.6 Å². The predicted octanol–water partition coefficient (Wildman–Crippen LogP) is 0.377. The van der Waals surface area contributed by atoms with Crippen molar-refractivity contribution in [3.05, 3.63) is 29.3 Å². The van der Waals surface area contributed by atoms with E-state index in [9.17, 15) is 13.2 Å². The van der Waals surface area contributed by atoms with E-state index in [0.717, 1.165) is 24.9 Å². The summed E-state index contributed by atoms with van der Waals surface area (Å²) in [5, 5.41) is 5.91. The number of carbonyl (C=O) groups is 1. The van der Waals surface area contributed by atoms with Gasteiger partial charge in [-0.3, -0.25) is 4.79 Å². The molecule has 0 radical (unpaired) electrons. The lowest BCUT2D eigenvalue weighted by Crippen LogP contribution is -2.38. The molecule has 0 saturated carbocycles. The average molecular weight is 346 g/mol. The SMILES string of the molecule is CN(C1CCNC1)S(=O)(=O)c1ccc2c(c1)C(=O)NCC2.Cl. The summed E-state index contributed by atoms with van der Waals surface area (Å²) in [5.74, 6) is -0.196. The fourth-order valence-electron chi connectivity index (χ4n) is 2.86. The van der Waals surface area contributed by atoms with Crippen molar-refractivity contribution in [1.82, 2.24) is 14.9 Å². The standard InChI is InChI=1S/C14H19N3O3S.ClH/c1-17(11-5-6-15-9-11)21(19,20)12-3-2-10-4-7-16-14(18)13(10)8-12;/h2-3,8,11,15H,4-7,9H2,1H3,(H,16,18);1H. The maximum atomic E-state index is 12.7. The number of nitrogens with one attached hydrogen (secondary N) is 2. The quantitative estimate of drug-likeness (QED) is 0.830. The molecule has 1 amide bonds. The number of sulfonamides is 1. The minimum atomic E-state index is -3.57. The van der Waals surface area contributed by atoms with E-state index >= 15 is 0 Å². The Hall–Kier alpha value is -1.15. The van der Waals surface area contributed by atoms with Crippen LogP contribution in [0.25, 0.3) is 0 Å². The molecular formula is C14H20ClN3O3S. The second kappa shape index (κ2) is 6.54. The van der Waals surface area contributed by atoms with Gasteiger partial charge in [-0.1, -0.05) is 6.07 Å². The van der Waals surface area contributed by atoms with Gasteiger partial charge in [0.25, 0.3) is 5.91 Å². The van der Waals surface area contributed by atoms with Crippen molar-refractivity contribution in [3.8, 4) is 0 Å². The van der Waals surface area contributed by atoms with Crippen LogP contribution < -0.4 is 10.6 Å². The van der Waals surface area contributed by atoms with Gasteiger partial charge >= 0.3 is 0 Å². The van der Waals surface area contributed by atoms with Crippen molar-refractivity contribution in [2.24, 2.45) is 0 Å². The Morgan fingerprint density at radius 3 is 2.73 bits per heavy atom. The number of fused-ring (bicyclic) bond motifs is 1. The van der Waals surface area contributed by atoms with Crippen LogP contribution in [-0.4, -0.2) is 51.4 Å². The highest BCUT2D eigenvalue weighted by atomic mass is 35.5. The molecule has 2 aliphatic rings. The topological polar surface area (TPSA) is 78.5 Å². The van der Waals surface area contributed by atoms with Crippen LogP contribution in [0.5, 0.6) is 0 Å². The zero-order valence-electron chi connectivity index (χ0n) is 12.3. The van der Waals surface area contributed by atoms with Crippen molar-refractivity contribution in [3.63, 3.8) is 0 Å². The second-order valence-corrected chi connectivity index (χ2v) is 7.49. The van der Waals surface area contributed by atoms with Gasteiger partial charge in [0.2, 0.25) is 10.0 Å². The second-order valence-electron chi connectivity index (χ2n) is 5.49. The van der Waals surface area contributed by atoms with Gasteiger partial charge in [0.1, 0.15) is 0 Å². The minimum absolute atomic E-state index is 0. The molecule has 1 fully saturated rings. The first kappa shape index (κ1) is 17.2. The highest BCUT2D eigenvalue weighted by Crippen LogP contribution is 2.23. The lowest BCUT2D eigenvalue weighted by Gasteiger charge is -2.24. The van der Waals surface area contributed by atoms with Crippen LogP contribution in [-0.2, 0) is 16.4 Å². The van der Waals surface area contributed by atoms with Crippen LogP contribution in [0.4, 0.5) is 0 Å². The van der Waals surface area contributed by atoms with Gasteiger partial charge in [0, 0.05) is 31.7 Å². The van der Waals surface area contributed by atoms with Gasteiger partial charge in [-0.15, -0.1) is 12.4 Å². The Kier molecular flexibility index (Phi) is 5.11. The summed E-state index contributed by atoms with van der Waals surface area (Å²) < 4.78 is 26.8. The maximum absolute atomic E-state index is 12.7. The summed E-state index contributed by atoms with van der Waals surface area (Å²) in [5.41, 5.74) is 1.38. The molecule has 1 aromatic rings. The van der Waals surface area contributed by atoms with E-state index in [1.54, 1.807) is 19.2 Å². The predicted molar refractivity (Wildman–Crippen MR) is 86.0 cm³/mol. The molecule has 3 rings (SSSR count). The zero-order chi connectivity index (χ0) is 15.0. The summed E-state index contributed by atoms with van der Waals surface area (Å²) in [6, 6.07) is 4.82. The van der Waals surface area contributed by atoms with Gasteiger partial charge in [0.05, 0.1) is 4.90 Å². The number of carbonyl (C=O) groups excluding carboxylic acids is 1. The molecule has 0 spiro atoms. The third-order valence-corrected chi connectivity index (χ3v) is 6.14. The summed E-state index contributed by atoms with van der Waals surface area (Å²) in [4.78, 5) is 12.0. The molecule has 0 aromatic heterocycles. The molecule has 0 bridgehead atoms. The molecular weight excluding hydrogens is 326 g/mol. The summed E-state index contributed by atoms with van der Waals surface area (Å²) in [7, 11) is -1.96. The number of hydrogen-bond acceptors (Lipinski definition) is 4. The fourth-order valence-corrected chi connectivity index (χ4v) is 4.28. The van der Waals surface area contributed by atoms with E-state index in [1.165, 1.54) is 10.4 Å². The number of rotatable bonds is 3. The first-order chi connectivity index (χ1) is 10.00. The van der Waals surface area contributed by atoms with Crippen molar-refractivity contribution in [2.45, 2.75) is 23.8 Å². The third-order valence-electron chi connectivity index (χ3n) is 4.23. The smallest absolute Gasteiger partial charge is 0.251 e. The summed E-state index contributed by atoms with van der Waals surface area (Å²) in [6.07, 6.45) is 1.55. The minimum Gasteiger partial charge on any atom is -0.352 e. The Morgan fingerprint density at radius 1 is 1.27 bits per heavy atom. The monoisotopic (exact) mass is 345 g/mol. The Labute approximate surface area is 136 Å². The first-order valence-electron chi connectivity index (χ1n) is 7.10. The normalized spacial score (nSPS) is 21.2. The molecule has 1 atom stereocenters. The van der Waals surface area contributed by atoms with Crippen LogP contribution >= 0.6 is 12.4 Å². The fraction of sp³-hybridized carbons (Fsp3) is 0.500. The van der Waals surface area contributed by atoms with E-state index in [1.807, 2.05) is 0 Å². The number of likely N-dealkylation sites (N-methyl/N-ethyl adjacent to an activating group) is 1. The largest absolute Gasteiger partial charge is 0.352 e. The molecule has 1 saturated heterocycles. The van der Waals surface area contributed by atoms with Gasteiger partial charge in [-0.2, -0.15) is 4.31 Å². The molecule has 22 heavy (non-hydrogen) atoms. The average Bonchev–Trinajstić information content (AvgIpc) is 3.00. The van der Waals surface area contributed by atoms with Crippen molar-refractivity contribution in [2.75, 3.05) is 26.7 Å². The van der Waals surface area contributed by atoms with Crippen LogP contribution in [0.1, 0.15) is 22.3 Å². The van der Waals surface area contributed by atoms with Gasteiger partial charge in [0.15, 0.2) is 0 Å². The third kappa shape index (κ3) is 2.99. The van der Waals surface area contributed by atoms with E-state index in [0.29, 0.717) is 18.7 Å². The van der Waals surface area contributed by atoms with E-state index < -0.39 is 10.0 Å². The number of hydrogen-bond donors (Lipinski definition) is 2. The Morgan fingerprint density at radius 2 is 2.05 bits per heavy atom. The molecule has 122 valence electrons. The number of halogens is 1. The maximum Gasteiger partial charge on any atom is 0.251 e. The lowest BCUT2D eigenvalue weighted by molar-refractivity contribution is 0.0945.